The lowest BCUT2D eigenvalue weighted by molar-refractivity contribution is 0.0518. The fourth-order valence-corrected chi connectivity index (χ4v) is 8.14. The number of nitrogens with one attached hydrogen (secondary N) is 1. The highest BCUT2D eigenvalue weighted by Gasteiger charge is 2.32. The van der Waals surface area contributed by atoms with Crippen LogP contribution in [-0.2, 0) is 9.84 Å². The number of nitrogen functional groups attached to an aromatic ring is 1. The van der Waals surface area contributed by atoms with E-state index in [4.69, 9.17) is 15.6 Å². The van der Waals surface area contributed by atoms with E-state index in [0.29, 0.717) is 58.2 Å². The minimum atomic E-state index is -3.34. The molecule has 2 saturated heterocycles. The number of amides is 1. The molecule has 1 saturated carbocycles. The molecule has 3 fully saturated rings. The van der Waals surface area contributed by atoms with Gasteiger partial charge in [0.05, 0.1) is 15.6 Å². The maximum atomic E-state index is 13.6. The van der Waals surface area contributed by atoms with Gasteiger partial charge in [-0.2, -0.15) is 0 Å². The quantitative estimate of drug-likeness (QED) is 0.284. The van der Waals surface area contributed by atoms with E-state index in [9.17, 15) is 13.2 Å². The highest BCUT2D eigenvalue weighted by Crippen LogP contribution is 2.34. The molecule has 0 bridgehead atoms. The fraction of sp³-hybridized carbons (Fsp3) is 0.516. The second-order valence-electron chi connectivity index (χ2n) is 12.5. The van der Waals surface area contributed by atoms with Crippen LogP contribution >= 0.6 is 11.3 Å². The summed E-state index contributed by atoms with van der Waals surface area (Å²) < 4.78 is 32.0. The van der Waals surface area contributed by atoms with E-state index < -0.39 is 9.84 Å². The van der Waals surface area contributed by atoms with Crippen LogP contribution in [0.25, 0.3) is 16.7 Å². The number of aromatic nitrogens is 5. The zero-order valence-electron chi connectivity index (χ0n) is 26.1. The van der Waals surface area contributed by atoms with Crippen LogP contribution in [0.5, 0.6) is 5.88 Å². The lowest BCUT2D eigenvalue weighted by atomic mass is 9.90. The summed E-state index contributed by atoms with van der Waals surface area (Å²) >= 11 is 1.37. The molecule has 4 aromatic rings. The summed E-state index contributed by atoms with van der Waals surface area (Å²) in [7, 11) is -3.34. The van der Waals surface area contributed by atoms with Gasteiger partial charge in [-0.25, -0.2) is 28.1 Å². The van der Waals surface area contributed by atoms with Crippen LogP contribution in [0.15, 0.2) is 35.5 Å². The number of carbonyl (C=O) groups excluding carboxylic acids is 1. The van der Waals surface area contributed by atoms with Crippen LogP contribution in [0.4, 0.5) is 11.6 Å². The van der Waals surface area contributed by atoms with Crippen molar-refractivity contribution in [3.05, 3.63) is 40.5 Å². The average molecular weight is 666 g/mol. The number of ether oxygens (including phenoxy) is 1. The number of rotatable bonds is 8. The lowest BCUT2D eigenvalue weighted by Gasteiger charge is -2.41. The number of anilines is 2. The van der Waals surface area contributed by atoms with Crippen molar-refractivity contribution in [2.24, 2.45) is 0 Å². The molecular weight excluding hydrogens is 627 g/mol. The highest BCUT2D eigenvalue weighted by molar-refractivity contribution is 7.90. The van der Waals surface area contributed by atoms with E-state index in [-0.39, 0.29) is 22.9 Å². The number of carbonyl (C=O) groups is 1. The Morgan fingerprint density at radius 3 is 2.50 bits per heavy atom. The molecule has 1 amide bonds. The minimum Gasteiger partial charge on any atom is -0.473 e. The molecule has 46 heavy (non-hydrogen) atoms. The molecule has 7 rings (SSSR count). The van der Waals surface area contributed by atoms with Gasteiger partial charge in [-0.15, -0.1) is 16.4 Å². The smallest absolute Gasteiger partial charge is 0.267 e. The third-order valence-electron chi connectivity index (χ3n) is 9.28. The maximum Gasteiger partial charge on any atom is 0.267 e. The first kappa shape index (κ1) is 30.8. The number of hydrogen-bond donors (Lipinski definition) is 2. The number of hydrogen-bond acceptors (Lipinski definition) is 12. The van der Waals surface area contributed by atoms with E-state index in [1.54, 1.807) is 28.9 Å². The Balaban J connectivity index is 1.07. The Hall–Kier alpha value is -3.82. The number of thiazole rings is 1. The van der Waals surface area contributed by atoms with Gasteiger partial charge in [0.25, 0.3) is 5.91 Å². The van der Waals surface area contributed by atoms with Crippen molar-refractivity contribution in [1.29, 1.82) is 0 Å². The van der Waals surface area contributed by atoms with Gasteiger partial charge in [0.15, 0.2) is 26.2 Å². The zero-order valence-corrected chi connectivity index (χ0v) is 27.7. The van der Waals surface area contributed by atoms with Crippen LogP contribution in [0.1, 0.15) is 59.6 Å². The van der Waals surface area contributed by atoms with Gasteiger partial charge in [0, 0.05) is 31.4 Å². The van der Waals surface area contributed by atoms with Gasteiger partial charge in [0.1, 0.15) is 23.6 Å². The summed E-state index contributed by atoms with van der Waals surface area (Å²) in [5, 5.41) is 9.53. The Kier molecular flexibility index (Phi) is 8.32. The molecule has 0 unspecified atom stereocenters. The molecule has 3 aromatic heterocycles. The van der Waals surface area contributed by atoms with Crippen molar-refractivity contribution in [2.45, 2.75) is 75.0 Å². The number of piperidine rings is 1. The van der Waals surface area contributed by atoms with Crippen LogP contribution in [-0.4, -0.2) is 94.6 Å². The summed E-state index contributed by atoms with van der Waals surface area (Å²) in [5.41, 5.74) is 7.51. The summed E-state index contributed by atoms with van der Waals surface area (Å²) in [4.78, 5) is 32.3. The number of likely N-dealkylation sites (tertiary alicyclic amines) is 1. The Bertz CT molecular complexity index is 1850. The Morgan fingerprint density at radius 2 is 1.80 bits per heavy atom. The number of benzene rings is 1. The number of nitrogens with two attached hydrogens (primary N) is 1. The van der Waals surface area contributed by atoms with Crippen molar-refractivity contribution < 1.29 is 17.9 Å². The van der Waals surface area contributed by atoms with Gasteiger partial charge in [-0.3, -0.25) is 4.79 Å². The highest BCUT2D eigenvalue weighted by atomic mass is 32.2. The van der Waals surface area contributed by atoms with E-state index in [2.05, 4.69) is 30.1 Å². The van der Waals surface area contributed by atoms with Crippen molar-refractivity contribution >= 4 is 49.8 Å². The maximum absolute atomic E-state index is 13.6. The Morgan fingerprint density at radius 1 is 1.04 bits per heavy atom. The first-order valence-corrected chi connectivity index (χ1v) is 18.6. The van der Waals surface area contributed by atoms with E-state index in [0.717, 1.165) is 43.5 Å². The predicted molar refractivity (Wildman–Crippen MR) is 177 cm³/mol. The molecule has 15 heteroatoms. The molecule has 1 aromatic carbocycles. The molecule has 244 valence electrons. The second kappa shape index (κ2) is 12.4. The number of fused-ring (bicyclic) bond motifs is 1. The van der Waals surface area contributed by atoms with Crippen molar-refractivity contribution in [2.75, 3.05) is 43.1 Å². The normalized spacial score (nSPS) is 22.5. The molecule has 1 atom stereocenters. The standard InChI is InChI=1S/C31H39N9O4S2/c1-19-35-31(44-23-10-6-21(7-11-23)38-15-4-16-38)26(45-19)30(41)36-20-5-3-14-39(17-20)29-25-27(32)33-18-34-28(25)40(37-29)22-8-12-24(13-9-22)46(2,42)43/h8-9,12-13,18,20-21,23H,3-7,10-11,14-17H2,1-2H3,(H,36,41)(H2,32,33,34)/t20-,21?,23?/m1/s1. The molecule has 13 nitrogen and oxygen atoms in total. The lowest BCUT2D eigenvalue weighted by Crippen LogP contribution is -2.48. The average Bonchev–Trinajstić information content (AvgIpc) is 3.58. The number of nitrogens with zero attached hydrogens (tertiary/aromatic N) is 7. The first-order valence-electron chi connectivity index (χ1n) is 15.9. The van der Waals surface area contributed by atoms with Gasteiger partial charge in [-0.1, -0.05) is 0 Å². The number of sulfone groups is 1. The largest absolute Gasteiger partial charge is 0.473 e. The molecule has 0 spiro atoms. The van der Waals surface area contributed by atoms with Crippen LogP contribution < -0.4 is 20.7 Å². The van der Waals surface area contributed by atoms with Crippen LogP contribution in [0.2, 0.25) is 0 Å². The summed E-state index contributed by atoms with van der Waals surface area (Å²) in [6.45, 7) is 5.57. The Labute approximate surface area is 272 Å². The van der Waals surface area contributed by atoms with Gasteiger partial charge >= 0.3 is 0 Å². The molecule has 1 aliphatic carbocycles. The van der Waals surface area contributed by atoms with E-state index in [1.165, 1.54) is 43.4 Å². The molecule has 0 radical (unpaired) electrons. The first-order chi connectivity index (χ1) is 22.1. The molecular formula is C31H39N9O4S2. The van der Waals surface area contributed by atoms with Crippen molar-refractivity contribution in [3.8, 4) is 11.6 Å². The second-order valence-corrected chi connectivity index (χ2v) is 15.7. The monoisotopic (exact) mass is 665 g/mol. The third-order valence-corrected chi connectivity index (χ3v) is 11.4. The summed E-state index contributed by atoms with van der Waals surface area (Å²) in [6, 6.07) is 7.01. The summed E-state index contributed by atoms with van der Waals surface area (Å²) in [5.74, 6) is 1.18. The minimum absolute atomic E-state index is 0.0781. The number of aryl methyl sites for hydroxylation is 1. The van der Waals surface area contributed by atoms with E-state index in [1.807, 2.05) is 6.92 Å². The fourth-order valence-electron chi connectivity index (χ4n) is 6.75. The van der Waals surface area contributed by atoms with Gasteiger partial charge in [-0.05, 0) is 89.2 Å². The van der Waals surface area contributed by atoms with Gasteiger partial charge in [0.2, 0.25) is 5.88 Å². The van der Waals surface area contributed by atoms with E-state index >= 15 is 0 Å². The topological polar surface area (TPSA) is 161 Å². The zero-order chi connectivity index (χ0) is 32.0. The van der Waals surface area contributed by atoms with Crippen LogP contribution in [0.3, 0.4) is 0 Å². The summed E-state index contributed by atoms with van der Waals surface area (Å²) in [6.07, 6.45) is 9.79. The van der Waals surface area contributed by atoms with Crippen molar-refractivity contribution in [1.82, 2.24) is 34.9 Å². The van der Waals surface area contributed by atoms with Gasteiger partial charge < -0.3 is 25.6 Å². The third kappa shape index (κ3) is 6.15. The molecule has 2 aliphatic heterocycles. The molecule has 5 heterocycles. The predicted octanol–water partition coefficient (Wildman–Crippen LogP) is 3.36. The van der Waals surface area contributed by atoms with Crippen molar-refractivity contribution in [3.63, 3.8) is 0 Å². The molecule has 3 aliphatic rings. The molecule has 3 N–H and O–H groups in total. The van der Waals surface area contributed by atoms with Crippen LogP contribution in [0, 0.1) is 6.92 Å². The SMILES string of the molecule is Cc1nc(OC2CCC(N3CCC3)CC2)c(C(=O)N[C@@H]2CCCN(c3nn(-c4ccc(S(C)(=O)=O)cc4)c4ncnc(N)c34)C2)s1.